The van der Waals surface area contributed by atoms with Crippen molar-refractivity contribution in [2.45, 2.75) is 57.7 Å². The van der Waals surface area contributed by atoms with Crippen LogP contribution in [0, 0.1) is 12.7 Å². The third-order valence-corrected chi connectivity index (χ3v) is 5.94. The highest BCUT2D eigenvalue weighted by atomic mass is 19.1. The molecule has 2 atom stereocenters. The van der Waals surface area contributed by atoms with Gasteiger partial charge in [0.2, 0.25) is 0 Å². The number of likely N-dealkylation sites (tertiary alicyclic amines) is 1. The maximum absolute atomic E-state index is 13.9. The summed E-state index contributed by atoms with van der Waals surface area (Å²) < 4.78 is 13.9. The number of fused-ring (bicyclic) bond motifs is 1. The number of aromatic nitrogens is 1. The van der Waals surface area contributed by atoms with E-state index >= 15 is 0 Å². The first-order valence-electron chi connectivity index (χ1n) is 9.65. The predicted molar refractivity (Wildman–Crippen MR) is 104 cm³/mol. The zero-order valence-corrected chi connectivity index (χ0v) is 16.2. The molecule has 2 saturated heterocycles. The molecule has 3 heterocycles. The summed E-state index contributed by atoms with van der Waals surface area (Å²) in [4.78, 5) is 21.8. The number of carbonyl (C=O) groups excluding carboxylic acids is 1. The van der Waals surface area contributed by atoms with Gasteiger partial charge in [-0.05, 0) is 70.4 Å². The van der Waals surface area contributed by atoms with Gasteiger partial charge in [-0.25, -0.2) is 4.39 Å². The molecule has 2 fully saturated rings. The van der Waals surface area contributed by atoms with Crippen molar-refractivity contribution in [3.05, 3.63) is 59.7 Å². The monoisotopic (exact) mass is 367 g/mol. The fourth-order valence-electron chi connectivity index (χ4n) is 4.82. The van der Waals surface area contributed by atoms with E-state index in [-0.39, 0.29) is 29.3 Å². The summed E-state index contributed by atoms with van der Waals surface area (Å²) in [5.74, 6) is -0.171. The number of anilines is 1. The van der Waals surface area contributed by atoms with E-state index in [1.807, 2.05) is 30.0 Å². The Balaban J connectivity index is 1.66. The second-order valence-electron chi connectivity index (χ2n) is 8.33. The van der Waals surface area contributed by atoms with Crippen molar-refractivity contribution in [2.75, 3.05) is 11.4 Å². The van der Waals surface area contributed by atoms with Gasteiger partial charge in [0, 0.05) is 29.7 Å². The minimum absolute atomic E-state index is 0.0501. The first-order valence-corrected chi connectivity index (χ1v) is 9.65. The van der Waals surface area contributed by atoms with Gasteiger partial charge in [0.1, 0.15) is 5.82 Å². The lowest BCUT2D eigenvalue weighted by Crippen LogP contribution is -2.52. The number of halogens is 1. The van der Waals surface area contributed by atoms with Crippen LogP contribution in [0.25, 0.3) is 0 Å². The molecule has 4 rings (SSSR count). The first-order chi connectivity index (χ1) is 12.9. The Morgan fingerprint density at radius 2 is 2.04 bits per heavy atom. The molecule has 2 aliphatic heterocycles. The number of nitrogens with zero attached hydrogens (tertiary/aromatic N) is 3. The molecule has 27 heavy (non-hydrogen) atoms. The average Bonchev–Trinajstić information content (AvgIpc) is 2.91. The number of carbonyl (C=O) groups is 1. The van der Waals surface area contributed by atoms with Crippen LogP contribution >= 0.6 is 0 Å². The van der Waals surface area contributed by atoms with Crippen molar-refractivity contribution in [3.8, 4) is 0 Å². The highest BCUT2D eigenvalue weighted by molar-refractivity contribution is 5.94. The molecule has 1 amide bonds. The van der Waals surface area contributed by atoms with Crippen LogP contribution in [0.2, 0.25) is 0 Å². The molecule has 0 aliphatic carbocycles. The molecule has 1 aromatic carbocycles. The summed E-state index contributed by atoms with van der Waals surface area (Å²) in [7, 11) is 0. The smallest absolute Gasteiger partial charge is 0.255 e. The fourth-order valence-corrected chi connectivity index (χ4v) is 4.82. The second kappa shape index (κ2) is 6.63. The quantitative estimate of drug-likeness (QED) is 0.798. The number of hydrogen-bond acceptors (Lipinski definition) is 3. The van der Waals surface area contributed by atoms with E-state index in [4.69, 9.17) is 0 Å². The Hall–Kier alpha value is -2.43. The van der Waals surface area contributed by atoms with Crippen molar-refractivity contribution < 1.29 is 9.18 Å². The van der Waals surface area contributed by atoms with Crippen LogP contribution in [0.3, 0.4) is 0 Å². The average molecular weight is 367 g/mol. The highest BCUT2D eigenvalue weighted by Gasteiger charge is 2.50. The van der Waals surface area contributed by atoms with Crippen LogP contribution in [-0.4, -0.2) is 40.0 Å². The lowest BCUT2D eigenvalue weighted by atomic mass is 9.93. The molecular weight excluding hydrogens is 341 g/mol. The van der Waals surface area contributed by atoms with E-state index in [1.54, 1.807) is 18.3 Å². The lowest BCUT2D eigenvalue weighted by Gasteiger charge is -2.42. The van der Waals surface area contributed by atoms with E-state index in [2.05, 4.69) is 23.7 Å². The molecular formula is C22H26FN3O. The first kappa shape index (κ1) is 18.0. The lowest BCUT2D eigenvalue weighted by molar-refractivity contribution is 0.0605. The Morgan fingerprint density at radius 3 is 2.74 bits per heavy atom. The number of amides is 1. The topological polar surface area (TPSA) is 36.4 Å². The van der Waals surface area contributed by atoms with Crippen molar-refractivity contribution in [2.24, 2.45) is 0 Å². The van der Waals surface area contributed by atoms with E-state index in [0.717, 1.165) is 37.2 Å². The molecule has 0 saturated carbocycles. The van der Waals surface area contributed by atoms with Crippen LogP contribution in [0.1, 0.15) is 49.2 Å². The molecule has 0 unspecified atom stereocenters. The van der Waals surface area contributed by atoms with Gasteiger partial charge in [-0.2, -0.15) is 0 Å². The fraction of sp³-hybridized carbons (Fsp3) is 0.455. The van der Waals surface area contributed by atoms with Crippen LogP contribution in [0.5, 0.6) is 0 Å². The zero-order valence-electron chi connectivity index (χ0n) is 16.2. The molecule has 4 nitrogen and oxygen atoms in total. The van der Waals surface area contributed by atoms with Gasteiger partial charge in [-0.15, -0.1) is 0 Å². The summed E-state index contributed by atoms with van der Waals surface area (Å²) >= 11 is 0. The summed E-state index contributed by atoms with van der Waals surface area (Å²) in [6.07, 6.45) is 4.51. The van der Waals surface area contributed by atoms with Crippen LogP contribution in [0.4, 0.5) is 10.1 Å². The SMILES string of the molecule is Cc1ccc(C(=O)N2CCC[C@H]3[C@@H]2CC(C)(C)N3c2cccc(F)c2)cn1. The van der Waals surface area contributed by atoms with Crippen molar-refractivity contribution in [3.63, 3.8) is 0 Å². The number of benzene rings is 1. The van der Waals surface area contributed by atoms with Crippen molar-refractivity contribution >= 4 is 11.6 Å². The minimum Gasteiger partial charge on any atom is -0.361 e. The number of rotatable bonds is 2. The standard InChI is InChI=1S/C22H26FN3O/c1-15-9-10-16(14-24-15)21(27)25-11-5-8-19-20(25)13-22(2,3)26(19)18-7-4-6-17(23)12-18/h4,6-7,9-10,12,14,19-20H,5,8,11,13H2,1-3H3/t19-,20-/m0/s1. The van der Waals surface area contributed by atoms with Gasteiger partial charge in [0.05, 0.1) is 17.6 Å². The third kappa shape index (κ3) is 3.20. The molecule has 2 aromatic rings. The second-order valence-corrected chi connectivity index (χ2v) is 8.33. The molecule has 142 valence electrons. The Morgan fingerprint density at radius 1 is 1.22 bits per heavy atom. The molecule has 1 aromatic heterocycles. The Labute approximate surface area is 160 Å². The number of pyridine rings is 1. The third-order valence-electron chi connectivity index (χ3n) is 5.94. The van der Waals surface area contributed by atoms with E-state index < -0.39 is 0 Å². The van der Waals surface area contributed by atoms with E-state index in [1.165, 1.54) is 6.07 Å². The summed E-state index contributed by atoms with van der Waals surface area (Å²) in [5, 5.41) is 0. The number of piperidine rings is 1. The van der Waals surface area contributed by atoms with Crippen LogP contribution in [-0.2, 0) is 0 Å². The summed E-state index contributed by atoms with van der Waals surface area (Å²) in [6, 6.07) is 10.9. The predicted octanol–water partition coefficient (Wildman–Crippen LogP) is 4.19. The van der Waals surface area contributed by atoms with Gasteiger partial charge in [0.25, 0.3) is 5.91 Å². The van der Waals surface area contributed by atoms with Gasteiger partial charge in [0.15, 0.2) is 0 Å². The van der Waals surface area contributed by atoms with Gasteiger partial charge < -0.3 is 9.80 Å². The highest BCUT2D eigenvalue weighted by Crippen LogP contribution is 2.44. The molecule has 2 aliphatic rings. The number of aryl methyl sites for hydroxylation is 1. The minimum atomic E-state index is -0.221. The Bertz CT molecular complexity index is 849. The van der Waals surface area contributed by atoms with Crippen LogP contribution in [0.15, 0.2) is 42.6 Å². The van der Waals surface area contributed by atoms with Gasteiger partial charge >= 0.3 is 0 Å². The molecule has 5 heteroatoms. The molecule has 0 spiro atoms. The molecule has 0 N–H and O–H groups in total. The normalized spacial score (nSPS) is 24.0. The van der Waals surface area contributed by atoms with Crippen molar-refractivity contribution in [1.29, 1.82) is 0 Å². The van der Waals surface area contributed by atoms with Crippen LogP contribution < -0.4 is 4.90 Å². The van der Waals surface area contributed by atoms with E-state index in [0.29, 0.717) is 5.56 Å². The molecule has 0 bridgehead atoms. The van der Waals surface area contributed by atoms with E-state index in [9.17, 15) is 9.18 Å². The summed E-state index contributed by atoms with van der Waals surface area (Å²) in [6.45, 7) is 7.06. The van der Waals surface area contributed by atoms with Gasteiger partial charge in [-0.3, -0.25) is 9.78 Å². The largest absolute Gasteiger partial charge is 0.361 e. The van der Waals surface area contributed by atoms with Crippen molar-refractivity contribution in [1.82, 2.24) is 9.88 Å². The van der Waals surface area contributed by atoms with Gasteiger partial charge in [-0.1, -0.05) is 6.07 Å². The number of hydrogen-bond donors (Lipinski definition) is 0. The zero-order chi connectivity index (χ0) is 19.2. The molecule has 0 radical (unpaired) electrons. The maximum atomic E-state index is 13.9. The summed E-state index contributed by atoms with van der Waals surface area (Å²) in [5.41, 5.74) is 2.31. The maximum Gasteiger partial charge on any atom is 0.255 e. The Kier molecular flexibility index (Phi) is 4.41.